The Labute approximate surface area is 168 Å². The number of ketones is 1. The number of carboxylic acids is 1. The number of aromatic nitrogens is 1. The van der Waals surface area contributed by atoms with Crippen LogP contribution in [0.25, 0.3) is 10.8 Å². The highest BCUT2D eigenvalue weighted by Gasteiger charge is 2.17. The van der Waals surface area contributed by atoms with Crippen molar-refractivity contribution in [3.63, 3.8) is 0 Å². The second-order valence-corrected chi connectivity index (χ2v) is 6.94. The summed E-state index contributed by atoms with van der Waals surface area (Å²) in [5.41, 5.74) is 3.84. The van der Waals surface area contributed by atoms with Gasteiger partial charge in [-0.2, -0.15) is 0 Å². The molecule has 0 aliphatic carbocycles. The zero-order valence-electron chi connectivity index (χ0n) is 15.7. The van der Waals surface area contributed by atoms with Crippen LogP contribution in [0.5, 0.6) is 0 Å². The van der Waals surface area contributed by atoms with E-state index in [1.807, 2.05) is 66.7 Å². The summed E-state index contributed by atoms with van der Waals surface area (Å²) in [7, 11) is 0. The van der Waals surface area contributed by atoms with E-state index in [0.717, 1.165) is 17.4 Å². The molecule has 0 saturated heterocycles. The van der Waals surface area contributed by atoms with E-state index in [4.69, 9.17) is 5.11 Å². The highest BCUT2D eigenvalue weighted by atomic mass is 16.4. The van der Waals surface area contributed by atoms with E-state index >= 15 is 0 Å². The van der Waals surface area contributed by atoms with Crippen LogP contribution in [0, 0.1) is 0 Å². The Kier molecular flexibility index (Phi) is 5.16. The van der Waals surface area contributed by atoms with E-state index in [0.29, 0.717) is 22.2 Å². The number of aliphatic carboxylic acids is 1. The molecule has 0 bridgehead atoms. The number of carbonyl (C=O) groups is 2. The van der Waals surface area contributed by atoms with Gasteiger partial charge in [-0.15, -0.1) is 0 Å². The van der Waals surface area contributed by atoms with Crippen molar-refractivity contribution in [2.24, 2.45) is 0 Å². The number of carbonyl (C=O) groups excluding carboxylic acids is 1. The predicted molar refractivity (Wildman–Crippen MR) is 112 cm³/mol. The average molecular weight is 381 g/mol. The van der Waals surface area contributed by atoms with Crippen molar-refractivity contribution in [3.8, 4) is 0 Å². The lowest BCUT2D eigenvalue weighted by Gasteiger charge is -2.09. The first-order valence-corrected chi connectivity index (χ1v) is 9.38. The number of hydrogen-bond donors (Lipinski definition) is 1. The van der Waals surface area contributed by atoms with Gasteiger partial charge in [0.2, 0.25) is 5.78 Å². The SMILES string of the molecule is O=C(O)Cc1cnc(C(=O)c2ccc(Cc3ccccc3)cc2)c2ccccc12. The minimum atomic E-state index is -0.926. The van der Waals surface area contributed by atoms with Gasteiger partial charge in [0, 0.05) is 17.1 Å². The molecule has 0 radical (unpaired) electrons. The zero-order chi connectivity index (χ0) is 20.2. The van der Waals surface area contributed by atoms with Crippen molar-refractivity contribution in [3.05, 3.63) is 113 Å². The molecule has 0 aliphatic heterocycles. The second-order valence-electron chi connectivity index (χ2n) is 6.94. The third-order valence-corrected chi connectivity index (χ3v) is 4.90. The van der Waals surface area contributed by atoms with Crippen molar-refractivity contribution in [2.45, 2.75) is 12.8 Å². The molecule has 0 amide bonds. The number of benzene rings is 3. The first kappa shape index (κ1) is 18.6. The standard InChI is InChI=1S/C25H19NO3/c27-23(28)15-20-16-26-24(22-9-5-4-8-21(20)22)25(29)19-12-10-18(11-13-19)14-17-6-2-1-3-7-17/h1-13,16H,14-15H2,(H,27,28). The maximum absolute atomic E-state index is 13.1. The summed E-state index contributed by atoms with van der Waals surface area (Å²) in [6, 6.07) is 25.0. The van der Waals surface area contributed by atoms with Gasteiger partial charge in [0.05, 0.1) is 6.42 Å². The Bertz CT molecular complexity index is 1180. The minimum Gasteiger partial charge on any atom is -0.481 e. The summed E-state index contributed by atoms with van der Waals surface area (Å²) in [4.78, 5) is 28.5. The Morgan fingerprint density at radius 3 is 2.07 bits per heavy atom. The predicted octanol–water partition coefficient (Wildman–Crippen LogP) is 4.68. The summed E-state index contributed by atoms with van der Waals surface area (Å²) in [6.07, 6.45) is 2.17. The number of fused-ring (bicyclic) bond motifs is 1. The van der Waals surface area contributed by atoms with Crippen molar-refractivity contribution >= 4 is 22.5 Å². The Morgan fingerprint density at radius 2 is 1.38 bits per heavy atom. The zero-order valence-corrected chi connectivity index (χ0v) is 15.7. The highest BCUT2D eigenvalue weighted by molar-refractivity contribution is 6.15. The van der Waals surface area contributed by atoms with Crippen molar-refractivity contribution in [1.29, 1.82) is 0 Å². The first-order chi connectivity index (χ1) is 14.1. The van der Waals surface area contributed by atoms with Gasteiger partial charge >= 0.3 is 5.97 Å². The van der Waals surface area contributed by atoms with Gasteiger partial charge in [-0.05, 0) is 28.5 Å². The second kappa shape index (κ2) is 8.07. The molecule has 4 nitrogen and oxygen atoms in total. The number of nitrogens with zero attached hydrogens (tertiary/aromatic N) is 1. The van der Waals surface area contributed by atoms with Crippen molar-refractivity contribution < 1.29 is 14.7 Å². The van der Waals surface area contributed by atoms with Gasteiger partial charge < -0.3 is 5.11 Å². The van der Waals surface area contributed by atoms with Crippen molar-refractivity contribution in [1.82, 2.24) is 4.98 Å². The van der Waals surface area contributed by atoms with Gasteiger partial charge in [0.15, 0.2) is 0 Å². The van der Waals surface area contributed by atoms with Gasteiger partial charge in [-0.3, -0.25) is 14.6 Å². The normalized spacial score (nSPS) is 10.8. The number of rotatable bonds is 6. The molecular weight excluding hydrogens is 362 g/mol. The molecule has 4 rings (SSSR count). The Hall–Kier alpha value is -3.79. The third kappa shape index (κ3) is 4.06. The molecule has 3 aromatic carbocycles. The topological polar surface area (TPSA) is 67.3 Å². The van der Waals surface area contributed by atoms with Crippen LogP contribution in [0.15, 0.2) is 85.1 Å². The van der Waals surface area contributed by atoms with E-state index < -0.39 is 5.97 Å². The van der Waals surface area contributed by atoms with Crippen LogP contribution in [-0.2, 0) is 17.6 Å². The van der Waals surface area contributed by atoms with Gasteiger partial charge in [0.1, 0.15) is 5.69 Å². The molecule has 142 valence electrons. The molecular formula is C25H19NO3. The Balaban J connectivity index is 1.64. The van der Waals surface area contributed by atoms with E-state index in [9.17, 15) is 9.59 Å². The maximum atomic E-state index is 13.1. The molecule has 0 fully saturated rings. The molecule has 0 atom stereocenters. The Morgan fingerprint density at radius 1 is 0.759 bits per heavy atom. The third-order valence-electron chi connectivity index (χ3n) is 4.90. The number of carboxylic acid groups (broad SMARTS) is 1. The highest BCUT2D eigenvalue weighted by Crippen LogP contribution is 2.24. The van der Waals surface area contributed by atoms with Gasteiger partial charge in [-0.1, -0.05) is 78.9 Å². The molecule has 1 heterocycles. The fourth-order valence-corrected chi connectivity index (χ4v) is 3.48. The van der Waals surface area contributed by atoms with Crippen LogP contribution in [0.4, 0.5) is 0 Å². The molecule has 0 aliphatic rings. The van der Waals surface area contributed by atoms with Crippen LogP contribution in [0.2, 0.25) is 0 Å². The van der Waals surface area contributed by atoms with Crippen LogP contribution in [-0.4, -0.2) is 21.8 Å². The molecule has 4 aromatic rings. The molecule has 4 heteroatoms. The van der Waals surface area contributed by atoms with Gasteiger partial charge in [0.25, 0.3) is 0 Å². The van der Waals surface area contributed by atoms with E-state index in [1.54, 1.807) is 0 Å². The summed E-state index contributed by atoms with van der Waals surface area (Å²) in [6.45, 7) is 0. The largest absolute Gasteiger partial charge is 0.481 e. The van der Waals surface area contributed by atoms with Crippen LogP contribution >= 0.6 is 0 Å². The maximum Gasteiger partial charge on any atom is 0.307 e. The van der Waals surface area contributed by atoms with Crippen LogP contribution < -0.4 is 0 Å². The summed E-state index contributed by atoms with van der Waals surface area (Å²) in [5.74, 6) is -1.10. The molecule has 0 saturated carbocycles. The number of pyridine rings is 1. The van der Waals surface area contributed by atoms with E-state index in [-0.39, 0.29) is 12.2 Å². The van der Waals surface area contributed by atoms with Crippen molar-refractivity contribution in [2.75, 3.05) is 0 Å². The molecule has 0 unspecified atom stereocenters. The van der Waals surface area contributed by atoms with Gasteiger partial charge in [-0.25, -0.2) is 0 Å². The molecule has 0 spiro atoms. The lowest BCUT2D eigenvalue weighted by atomic mass is 9.97. The molecule has 29 heavy (non-hydrogen) atoms. The monoisotopic (exact) mass is 381 g/mol. The number of hydrogen-bond acceptors (Lipinski definition) is 3. The molecule has 1 N–H and O–H groups in total. The quantitative estimate of drug-likeness (QED) is 0.492. The lowest BCUT2D eigenvalue weighted by molar-refractivity contribution is -0.136. The van der Waals surface area contributed by atoms with Crippen LogP contribution in [0.3, 0.4) is 0 Å². The fourth-order valence-electron chi connectivity index (χ4n) is 3.48. The van der Waals surface area contributed by atoms with E-state index in [1.165, 1.54) is 11.8 Å². The average Bonchev–Trinajstić information content (AvgIpc) is 2.74. The summed E-state index contributed by atoms with van der Waals surface area (Å²) in [5, 5.41) is 10.5. The summed E-state index contributed by atoms with van der Waals surface area (Å²) < 4.78 is 0. The lowest BCUT2D eigenvalue weighted by Crippen LogP contribution is -2.08. The molecule has 1 aromatic heterocycles. The van der Waals surface area contributed by atoms with Crippen LogP contribution in [0.1, 0.15) is 32.7 Å². The minimum absolute atomic E-state index is 0.129. The first-order valence-electron chi connectivity index (χ1n) is 9.38. The smallest absolute Gasteiger partial charge is 0.307 e. The van der Waals surface area contributed by atoms with E-state index in [2.05, 4.69) is 17.1 Å². The summed E-state index contributed by atoms with van der Waals surface area (Å²) >= 11 is 0. The fraction of sp³-hybridized carbons (Fsp3) is 0.0800.